The first-order chi connectivity index (χ1) is 17.4. The molecule has 4 bridgehead atoms. The molecule has 5 aliphatic rings. The van der Waals surface area contributed by atoms with E-state index >= 15 is 0 Å². The molecule has 0 aromatic heterocycles. The van der Waals surface area contributed by atoms with E-state index < -0.39 is 0 Å². The summed E-state index contributed by atoms with van der Waals surface area (Å²) in [7, 11) is 0. The largest absolute Gasteiger partial charge is 0.350 e. The average molecular weight is 543 g/mol. The zero-order chi connectivity index (χ0) is 24.8. The second-order valence-electron chi connectivity index (χ2n) is 10.9. The normalized spacial score (nSPS) is 28.5. The molecule has 0 saturated heterocycles. The molecule has 36 heavy (non-hydrogen) atoms. The van der Waals surface area contributed by atoms with Gasteiger partial charge in [0.05, 0.1) is 5.70 Å². The second kappa shape index (κ2) is 10.1. The minimum atomic E-state index is -0.131. The highest BCUT2D eigenvalue weighted by atomic mass is 35.5. The van der Waals surface area contributed by atoms with Crippen LogP contribution in [0.1, 0.15) is 49.7 Å². The van der Waals surface area contributed by atoms with E-state index in [9.17, 15) is 4.79 Å². The molecule has 0 atom stereocenters. The molecule has 188 valence electrons. The summed E-state index contributed by atoms with van der Waals surface area (Å²) in [6, 6.07) is 13.5. The lowest BCUT2D eigenvalue weighted by Crippen LogP contribution is -2.55. The van der Waals surface area contributed by atoms with Gasteiger partial charge in [-0.05, 0) is 91.2 Å². The van der Waals surface area contributed by atoms with Crippen LogP contribution < -0.4 is 10.6 Å². The van der Waals surface area contributed by atoms with Gasteiger partial charge in [0.15, 0.2) is 0 Å². The Morgan fingerprint density at radius 2 is 1.53 bits per heavy atom. The van der Waals surface area contributed by atoms with Crippen LogP contribution in [0.4, 0.5) is 0 Å². The summed E-state index contributed by atoms with van der Waals surface area (Å²) in [6.45, 7) is 1.38. The van der Waals surface area contributed by atoms with Gasteiger partial charge in [0.25, 0.3) is 5.91 Å². The first-order valence-electron chi connectivity index (χ1n) is 13.0. The minimum Gasteiger partial charge on any atom is -0.350 e. The summed E-state index contributed by atoms with van der Waals surface area (Å²) in [4.78, 5) is 17.9. The molecule has 4 saturated carbocycles. The first kappa shape index (κ1) is 24.5. The van der Waals surface area contributed by atoms with Crippen molar-refractivity contribution in [3.63, 3.8) is 0 Å². The van der Waals surface area contributed by atoms with Crippen molar-refractivity contribution in [1.29, 1.82) is 0 Å². The fourth-order valence-electron chi connectivity index (χ4n) is 7.20. The molecule has 0 unspecified atom stereocenters. The Balaban J connectivity index is 1.12. The molecule has 0 radical (unpaired) electrons. The molecule has 7 rings (SSSR count). The van der Waals surface area contributed by atoms with Gasteiger partial charge in [-0.2, -0.15) is 0 Å². The van der Waals surface area contributed by atoms with Gasteiger partial charge in [-0.1, -0.05) is 53.0 Å². The van der Waals surface area contributed by atoms with Crippen molar-refractivity contribution < 1.29 is 4.79 Å². The van der Waals surface area contributed by atoms with Crippen LogP contribution in [0.5, 0.6) is 0 Å². The SMILES string of the molecule is O=C(NCCNC1C2CC3CC(C2)CC1C3)C1=NC(c2ccc(Cl)cc2)=C(c2ccc(Cl)cc2Cl)C1. The molecule has 1 heterocycles. The number of nitrogens with zero attached hydrogens (tertiary/aromatic N) is 1. The van der Waals surface area contributed by atoms with Gasteiger partial charge in [0.1, 0.15) is 5.71 Å². The Morgan fingerprint density at radius 3 is 2.19 bits per heavy atom. The van der Waals surface area contributed by atoms with Crippen LogP contribution in [0.3, 0.4) is 0 Å². The number of benzene rings is 2. The third kappa shape index (κ3) is 4.86. The highest BCUT2D eigenvalue weighted by molar-refractivity contribution is 6.44. The molecule has 2 aromatic rings. The number of hydrogen-bond acceptors (Lipinski definition) is 3. The summed E-state index contributed by atoms with van der Waals surface area (Å²) in [5.41, 5.74) is 3.88. The third-order valence-electron chi connectivity index (χ3n) is 8.53. The van der Waals surface area contributed by atoms with Crippen molar-refractivity contribution in [2.75, 3.05) is 13.1 Å². The average Bonchev–Trinajstić information content (AvgIpc) is 3.28. The van der Waals surface area contributed by atoms with Crippen LogP contribution in [0.25, 0.3) is 11.3 Å². The topological polar surface area (TPSA) is 53.5 Å². The zero-order valence-corrected chi connectivity index (χ0v) is 22.3. The van der Waals surface area contributed by atoms with Gasteiger partial charge >= 0.3 is 0 Å². The molecule has 4 aliphatic carbocycles. The highest BCUT2D eigenvalue weighted by Crippen LogP contribution is 2.53. The predicted octanol–water partition coefficient (Wildman–Crippen LogP) is 6.89. The maximum Gasteiger partial charge on any atom is 0.266 e. The number of amides is 1. The number of rotatable bonds is 7. The zero-order valence-electron chi connectivity index (χ0n) is 20.1. The second-order valence-corrected chi connectivity index (χ2v) is 12.1. The molecule has 2 N–H and O–H groups in total. The van der Waals surface area contributed by atoms with Crippen molar-refractivity contribution in [3.05, 3.63) is 68.7 Å². The lowest BCUT2D eigenvalue weighted by atomic mass is 9.54. The molecular weight excluding hydrogens is 513 g/mol. The molecule has 4 nitrogen and oxygen atoms in total. The summed E-state index contributed by atoms with van der Waals surface area (Å²) in [5.74, 6) is 3.46. The van der Waals surface area contributed by atoms with Gasteiger partial charge in [-0.15, -0.1) is 0 Å². The maximum absolute atomic E-state index is 13.1. The summed E-state index contributed by atoms with van der Waals surface area (Å²) in [5, 5.41) is 8.64. The van der Waals surface area contributed by atoms with Gasteiger partial charge in [-0.25, -0.2) is 4.99 Å². The Kier molecular flexibility index (Phi) is 6.89. The monoisotopic (exact) mass is 541 g/mol. The van der Waals surface area contributed by atoms with Crippen LogP contribution >= 0.6 is 34.8 Å². The highest BCUT2D eigenvalue weighted by Gasteiger charge is 2.47. The maximum atomic E-state index is 13.1. The number of allylic oxidation sites excluding steroid dienone is 1. The van der Waals surface area contributed by atoms with Crippen molar-refractivity contribution in [2.45, 2.75) is 44.6 Å². The molecular formula is C29H30Cl3N3O. The van der Waals surface area contributed by atoms with Crippen LogP contribution in [-0.2, 0) is 4.79 Å². The van der Waals surface area contributed by atoms with Gasteiger partial charge in [0.2, 0.25) is 0 Å². The van der Waals surface area contributed by atoms with E-state index in [1.165, 1.54) is 32.1 Å². The number of carbonyl (C=O) groups is 1. The van der Waals surface area contributed by atoms with E-state index in [0.29, 0.717) is 39.8 Å². The molecule has 2 aromatic carbocycles. The lowest BCUT2D eigenvalue weighted by Gasteiger charge is -2.54. The first-order valence-corrected chi connectivity index (χ1v) is 14.1. The van der Waals surface area contributed by atoms with Crippen molar-refractivity contribution in [1.82, 2.24) is 10.6 Å². The smallest absolute Gasteiger partial charge is 0.266 e. The minimum absolute atomic E-state index is 0.131. The van der Waals surface area contributed by atoms with E-state index in [4.69, 9.17) is 39.8 Å². The number of nitrogens with one attached hydrogen (secondary N) is 2. The summed E-state index contributed by atoms with van der Waals surface area (Å²) >= 11 is 18.8. The van der Waals surface area contributed by atoms with E-state index in [1.54, 1.807) is 6.07 Å². The van der Waals surface area contributed by atoms with Crippen molar-refractivity contribution in [2.24, 2.45) is 28.7 Å². The third-order valence-corrected chi connectivity index (χ3v) is 9.33. The van der Waals surface area contributed by atoms with E-state index in [-0.39, 0.29) is 5.91 Å². The standard InChI is InChI=1S/C29H30Cl3N3O/c30-21-3-1-18(2-4-21)28-24(23-6-5-22(31)14-25(23)32)15-26(35-28)29(36)34-8-7-33-27-19-10-16-9-17(12-19)13-20(27)11-16/h1-6,14,16-17,19-20,27,33H,7-13,15H2,(H,34,36). The number of aliphatic imine (C=N–C) groups is 1. The van der Waals surface area contributed by atoms with Crippen LogP contribution in [0.15, 0.2) is 47.5 Å². The Labute approximate surface area is 227 Å². The Bertz CT molecular complexity index is 1210. The molecule has 1 amide bonds. The quantitative estimate of drug-likeness (QED) is 0.374. The fourth-order valence-corrected chi connectivity index (χ4v) is 7.85. The fraction of sp³-hybridized carbons (Fsp3) is 0.448. The number of carbonyl (C=O) groups excluding carboxylic acids is 1. The summed E-state index contributed by atoms with van der Waals surface area (Å²) < 4.78 is 0. The predicted molar refractivity (Wildman–Crippen MR) is 149 cm³/mol. The van der Waals surface area contributed by atoms with Gasteiger partial charge in [-0.3, -0.25) is 4.79 Å². The summed E-state index contributed by atoms with van der Waals surface area (Å²) in [6.07, 6.45) is 7.44. The molecule has 7 heteroatoms. The molecule has 4 fully saturated rings. The van der Waals surface area contributed by atoms with E-state index in [2.05, 4.69) is 10.6 Å². The van der Waals surface area contributed by atoms with Crippen LogP contribution in [0.2, 0.25) is 15.1 Å². The Hall–Kier alpha value is -1.85. The van der Waals surface area contributed by atoms with Crippen molar-refractivity contribution in [3.8, 4) is 0 Å². The number of hydrogen-bond donors (Lipinski definition) is 2. The van der Waals surface area contributed by atoms with E-state index in [1.807, 2.05) is 36.4 Å². The molecule has 1 aliphatic heterocycles. The van der Waals surface area contributed by atoms with Gasteiger partial charge in [0, 0.05) is 46.2 Å². The Morgan fingerprint density at radius 1 is 0.861 bits per heavy atom. The number of halogens is 3. The van der Waals surface area contributed by atoms with E-state index in [0.717, 1.165) is 52.6 Å². The van der Waals surface area contributed by atoms with Gasteiger partial charge < -0.3 is 10.6 Å². The molecule has 0 spiro atoms. The van der Waals surface area contributed by atoms with Crippen LogP contribution in [0, 0.1) is 23.7 Å². The lowest BCUT2D eigenvalue weighted by molar-refractivity contribution is -0.114. The van der Waals surface area contributed by atoms with Crippen molar-refractivity contribution >= 4 is 57.7 Å². The van der Waals surface area contributed by atoms with Crippen LogP contribution in [-0.4, -0.2) is 30.8 Å².